The van der Waals surface area contributed by atoms with E-state index in [4.69, 9.17) is 15.6 Å². The lowest BCUT2D eigenvalue weighted by Crippen LogP contribution is -2.22. The minimum absolute atomic E-state index is 0.119. The Morgan fingerprint density at radius 1 is 1.08 bits per heavy atom. The van der Waals surface area contributed by atoms with Crippen LogP contribution >= 0.6 is 0 Å². The second-order valence-electron chi connectivity index (χ2n) is 4.77. The van der Waals surface area contributed by atoms with Crippen molar-refractivity contribution in [2.75, 3.05) is 12.4 Å². The third-order valence-corrected chi connectivity index (χ3v) is 3.08. The topological polar surface area (TPSA) is 112 Å². The van der Waals surface area contributed by atoms with Gasteiger partial charge in [-0.25, -0.2) is 9.18 Å². The molecule has 0 aliphatic carbocycles. The van der Waals surface area contributed by atoms with E-state index in [0.717, 1.165) is 7.11 Å². The van der Waals surface area contributed by atoms with Gasteiger partial charge >= 0.3 is 11.9 Å². The molecule has 0 saturated carbocycles. The monoisotopic (exact) mass is 343 g/mol. The number of halogens is 1. The Morgan fingerprint density at radius 3 is 2.48 bits per heavy atom. The molecule has 0 aromatic heterocycles. The number of hydrogen-bond donors (Lipinski definition) is 3. The standard InChI is InChI=1S/C17H14FN3O4/c1-24-17(23)15(20)25-14(19)10-5-4-6-11(9-10)21-16(22)12-7-2-3-8-13(12)18/h2-9,19-20H,1H3,(H,21,22). The molecule has 0 heterocycles. The number of carbonyl (C=O) groups is 2. The summed E-state index contributed by atoms with van der Waals surface area (Å²) in [7, 11) is 1.09. The van der Waals surface area contributed by atoms with Gasteiger partial charge in [0, 0.05) is 11.3 Å². The Kier molecular flexibility index (Phi) is 5.57. The molecule has 0 unspecified atom stereocenters. The van der Waals surface area contributed by atoms with Crippen LogP contribution < -0.4 is 5.32 Å². The summed E-state index contributed by atoms with van der Waals surface area (Å²) in [6.07, 6.45) is 0. The zero-order valence-electron chi connectivity index (χ0n) is 13.1. The van der Waals surface area contributed by atoms with Crippen molar-refractivity contribution in [3.8, 4) is 0 Å². The maximum atomic E-state index is 13.6. The van der Waals surface area contributed by atoms with Gasteiger partial charge in [0.1, 0.15) is 5.82 Å². The molecule has 0 aliphatic rings. The van der Waals surface area contributed by atoms with Crippen molar-refractivity contribution in [1.29, 1.82) is 10.8 Å². The Hall–Kier alpha value is -3.55. The lowest BCUT2D eigenvalue weighted by atomic mass is 10.1. The van der Waals surface area contributed by atoms with Crippen LogP contribution in [0, 0.1) is 16.6 Å². The molecule has 0 spiro atoms. The molecule has 1 amide bonds. The van der Waals surface area contributed by atoms with Gasteiger partial charge in [-0.3, -0.25) is 15.6 Å². The number of carbonyl (C=O) groups excluding carboxylic acids is 2. The number of methoxy groups -OCH3 is 1. The first kappa shape index (κ1) is 17.8. The molecule has 0 radical (unpaired) electrons. The smallest absolute Gasteiger partial charge is 0.393 e. The predicted molar refractivity (Wildman–Crippen MR) is 88.5 cm³/mol. The van der Waals surface area contributed by atoms with E-state index in [9.17, 15) is 14.0 Å². The van der Waals surface area contributed by atoms with Crippen LogP contribution in [0.3, 0.4) is 0 Å². The molecule has 0 aliphatic heterocycles. The van der Waals surface area contributed by atoms with Crippen molar-refractivity contribution >= 4 is 29.4 Å². The normalized spacial score (nSPS) is 9.84. The van der Waals surface area contributed by atoms with E-state index in [1.807, 2.05) is 0 Å². The minimum atomic E-state index is -1.02. The molecule has 2 rings (SSSR count). The zero-order valence-corrected chi connectivity index (χ0v) is 13.1. The first-order chi connectivity index (χ1) is 11.9. The van der Waals surface area contributed by atoms with Crippen molar-refractivity contribution in [3.63, 3.8) is 0 Å². The van der Waals surface area contributed by atoms with Crippen LogP contribution in [0.15, 0.2) is 48.5 Å². The molecule has 128 valence electrons. The highest BCUT2D eigenvalue weighted by atomic mass is 19.1. The van der Waals surface area contributed by atoms with Crippen LogP contribution in [0.5, 0.6) is 0 Å². The highest BCUT2D eigenvalue weighted by Gasteiger charge is 2.16. The van der Waals surface area contributed by atoms with Crippen LogP contribution in [0.2, 0.25) is 0 Å². The highest BCUT2D eigenvalue weighted by molar-refractivity contribution is 6.33. The Morgan fingerprint density at radius 2 is 1.80 bits per heavy atom. The molecule has 25 heavy (non-hydrogen) atoms. The van der Waals surface area contributed by atoms with Gasteiger partial charge in [0.15, 0.2) is 0 Å². The fraction of sp³-hybridized carbons (Fsp3) is 0.0588. The van der Waals surface area contributed by atoms with E-state index < -0.39 is 29.5 Å². The molecule has 0 fully saturated rings. The van der Waals surface area contributed by atoms with Crippen molar-refractivity contribution in [1.82, 2.24) is 0 Å². The van der Waals surface area contributed by atoms with Crippen LogP contribution in [0.4, 0.5) is 10.1 Å². The second kappa shape index (κ2) is 7.82. The summed E-state index contributed by atoms with van der Waals surface area (Å²) in [5, 5.41) is 17.6. The quantitative estimate of drug-likeness (QED) is 0.451. The van der Waals surface area contributed by atoms with E-state index >= 15 is 0 Å². The Balaban J connectivity index is 2.12. The number of rotatable bonds is 3. The third-order valence-electron chi connectivity index (χ3n) is 3.08. The first-order valence-electron chi connectivity index (χ1n) is 7.02. The number of hydrogen-bond acceptors (Lipinski definition) is 6. The van der Waals surface area contributed by atoms with Crippen molar-refractivity contribution in [2.45, 2.75) is 0 Å². The van der Waals surface area contributed by atoms with Gasteiger partial charge in [0.05, 0.1) is 12.7 Å². The third kappa shape index (κ3) is 4.47. The molecular formula is C17H14FN3O4. The van der Waals surface area contributed by atoms with Gasteiger partial charge in [-0.05, 0) is 30.3 Å². The lowest BCUT2D eigenvalue weighted by Gasteiger charge is -2.09. The van der Waals surface area contributed by atoms with Gasteiger partial charge in [-0.15, -0.1) is 0 Å². The maximum Gasteiger partial charge on any atom is 0.393 e. The van der Waals surface area contributed by atoms with Gasteiger partial charge < -0.3 is 14.8 Å². The maximum absolute atomic E-state index is 13.6. The van der Waals surface area contributed by atoms with Gasteiger partial charge in [-0.2, -0.15) is 0 Å². The van der Waals surface area contributed by atoms with Crippen LogP contribution in [0.1, 0.15) is 15.9 Å². The fourth-order valence-electron chi connectivity index (χ4n) is 1.88. The molecule has 7 nitrogen and oxygen atoms in total. The van der Waals surface area contributed by atoms with E-state index in [2.05, 4.69) is 10.1 Å². The second-order valence-corrected chi connectivity index (χ2v) is 4.77. The number of esters is 1. The molecule has 0 atom stereocenters. The summed E-state index contributed by atoms with van der Waals surface area (Å²) in [5.41, 5.74) is 0.385. The highest BCUT2D eigenvalue weighted by Crippen LogP contribution is 2.15. The Bertz CT molecular complexity index is 851. The van der Waals surface area contributed by atoms with E-state index in [-0.39, 0.29) is 11.1 Å². The number of nitrogens with one attached hydrogen (secondary N) is 3. The molecule has 2 aromatic rings. The summed E-state index contributed by atoms with van der Waals surface area (Å²) in [6, 6.07) is 11.5. The number of benzene rings is 2. The van der Waals surface area contributed by atoms with E-state index in [0.29, 0.717) is 5.69 Å². The summed E-state index contributed by atoms with van der Waals surface area (Å²) in [4.78, 5) is 23.2. The molecule has 0 bridgehead atoms. The van der Waals surface area contributed by atoms with Crippen molar-refractivity contribution in [3.05, 3.63) is 65.5 Å². The van der Waals surface area contributed by atoms with Crippen molar-refractivity contribution in [2.24, 2.45) is 0 Å². The first-order valence-corrected chi connectivity index (χ1v) is 7.02. The SMILES string of the molecule is COC(=O)C(=N)OC(=N)c1cccc(NC(=O)c2ccccc2F)c1. The number of amides is 1. The van der Waals surface area contributed by atoms with Crippen LogP contribution in [-0.4, -0.2) is 30.8 Å². The van der Waals surface area contributed by atoms with Gasteiger partial charge in [0.25, 0.3) is 5.91 Å². The average Bonchev–Trinajstić information content (AvgIpc) is 2.61. The van der Waals surface area contributed by atoms with Gasteiger partial charge in [-0.1, -0.05) is 18.2 Å². The summed E-state index contributed by atoms with van der Waals surface area (Å²) < 4.78 is 22.7. The van der Waals surface area contributed by atoms with E-state index in [1.165, 1.54) is 42.5 Å². The van der Waals surface area contributed by atoms with Gasteiger partial charge in [0.2, 0.25) is 5.90 Å². The zero-order chi connectivity index (χ0) is 18.4. The van der Waals surface area contributed by atoms with Crippen molar-refractivity contribution < 1.29 is 23.5 Å². The average molecular weight is 343 g/mol. The molecule has 0 saturated heterocycles. The van der Waals surface area contributed by atoms with Crippen LogP contribution in [-0.2, 0) is 14.3 Å². The largest absolute Gasteiger partial charge is 0.462 e. The lowest BCUT2D eigenvalue weighted by molar-refractivity contribution is -0.134. The number of ether oxygens (including phenoxy) is 2. The minimum Gasteiger partial charge on any atom is -0.462 e. The Labute approximate surface area is 142 Å². The summed E-state index contributed by atoms with van der Waals surface area (Å²) in [6.45, 7) is 0. The molecular weight excluding hydrogens is 329 g/mol. The summed E-state index contributed by atoms with van der Waals surface area (Å²) >= 11 is 0. The molecule has 3 N–H and O–H groups in total. The molecule has 8 heteroatoms. The van der Waals surface area contributed by atoms with E-state index in [1.54, 1.807) is 6.07 Å². The number of anilines is 1. The summed E-state index contributed by atoms with van der Waals surface area (Å²) in [5.74, 6) is -3.64. The van der Waals surface area contributed by atoms with Crippen LogP contribution in [0.25, 0.3) is 0 Å². The molecule has 2 aromatic carbocycles. The fourth-order valence-corrected chi connectivity index (χ4v) is 1.88. The predicted octanol–water partition coefficient (Wildman–Crippen LogP) is 2.57.